The number of aliphatic hydroxyl groups excluding tert-OH is 2. The van der Waals surface area contributed by atoms with Crippen LogP contribution in [0.3, 0.4) is 0 Å². The lowest BCUT2D eigenvalue weighted by Crippen LogP contribution is -2.29. The number of carbonyl (C=O) groups excluding carboxylic acids is 1. The van der Waals surface area contributed by atoms with Crippen LogP contribution in [0.5, 0.6) is 0 Å². The summed E-state index contributed by atoms with van der Waals surface area (Å²) >= 11 is 0. The van der Waals surface area contributed by atoms with Crippen molar-refractivity contribution in [1.29, 1.82) is 0 Å². The molecule has 0 bridgehead atoms. The van der Waals surface area contributed by atoms with Crippen molar-refractivity contribution in [3.8, 4) is 0 Å². The molecular weight excluding hydrogens is 788 g/mol. The van der Waals surface area contributed by atoms with Gasteiger partial charge in [0.05, 0.1) is 26.4 Å². The van der Waals surface area contributed by atoms with Gasteiger partial charge in [0.2, 0.25) is 0 Å². The van der Waals surface area contributed by atoms with Gasteiger partial charge in [-0.05, 0) is 77.0 Å². The maximum absolute atomic E-state index is 12.7. The third-order valence-corrected chi connectivity index (χ3v) is 11.7. The van der Waals surface area contributed by atoms with Gasteiger partial charge >= 0.3 is 13.8 Å². The van der Waals surface area contributed by atoms with E-state index in [0.717, 1.165) is 57.8 Å². The lowest BCUT2D eigenvalue weighted by molar-refractivity contribution is -0.154. The number of hydrogen-bond acceptors (Lipinski definition) is 8. The van der Waals surface area contributed by atoms with E-state index in [2.05, 4.69) is 62.5 Å². The van der Waals surface area contributed by atoms with Gasteiger partial charge in [0.25, 0.3) is 0 Å². The fourth-order valence-electron chi connectivity index (χ4n) is 6.89. The van der Waals surface area contributed by atoms with E-state index >= 15 is 0 Å². The highest BCUT2D eigenvalue weighted by molar-refractivity contribution is 7.47. The number of hydrogen-bond donors (Lipinski definition) is 3. The quantitative estimate of drug-likeness (QED) is 0.0236. The summed E-state index contributed by atoms with van der Waals surface area (Å²) in [5, 5.41) is 18.4. The Labute approximate surface area is 375 Å². The molecule has 0 fully saturated rings. The molecule has 0 rings (SSSR count). The SMILES string of the molecule is CCCCCCC/C=C\C/C=C\C/C=C\CCCCCCCCC(=O)OC(COCCCCCCCCCC/C=C\CCCCCCCCC)COP(=O)(O)OCC(O)CO. The number of ether oxygens (including phenoxy) is 2. The molecular formula is C51H95O9P. The molecule has 0 aromatic carbocycles. The summed E-state index contributed by atoms with van der Waals surface area (Å²) < 4.78 is 33.5. The molecule has 0 heterocycles. The molecule has 10 heteroatoms. The van der Waals surface area contributed by atoms with Crippen LogP contribution in [0.25, 0.3) is 0 Å². The van der Waals surface area contributed by atoms with Gasteiger partial charge in [0.1, 0.15) is 12.2 Å². The summed E-state index contributed by atoms with van der Waals surface area (Å²) in [6, 6.07) is 0. The number of rotatable bonds is 48. The van der Waals surface area contributed by atoms with Crippen molar-refractivity contribution < 1.29 is 43.0 Å². The summed E-state index contributed by atoms with van der Waals surface area (Å²) in [6.07, 6.45) is 55.0. The van der Waals surface area contributed by atoms with E-state index < -0.39 is 39.2 Å². The van der Waals surface area contributed by atoms with Gasteiger partial charge < -0.3 is 24.6 Å². The van der Waals surface area contributed by atoms with Crippen LogP contribution in [0.1, 0.15) is 226 Å². The summed E-state index contributed by atoms with van der Waals surface area (Å²) in [5.74, 6) is -0.394. The smallest absolute Gasteiger partial charge is 0.457 e. The van der Waals surface area contributed by atoms with Crippen LogP contribution in [-0.2, 0) is 27.9 Å². The Morgan fingerprint density at radius 3 is 1.34 bits per heavy atom. The first-order valence-corrected chi connectivity index (χ1v) is 26.6. The summed E-state index contributed by atoms with van der Waals surface area (Å²) in [4.78, 5) is 22.7. The highest BCUT2D eigenvalue weighted by Crippen LogP contribution is 2.43. The van der Waals surface area contributed by atoms with Crippen molar-refractivity contribution in [3.63, 3.8) is 0 Å². The number of unbranched alkanes of at least 4 members (excludes halogenated alkanes) is 26. The Balaban J connectivity index is 4.13. The average Bonchev–Trinajstić information content (AvgIpc) is 3.25. The van der Waals surface area contributed by atoms with Gasteiger partial charge in [-0.1, -0.05) is 191 Å². The first-order chi connectivity index (χ1) is 29.8. The van der Waals surface area contributed by atoms with E-state index in [9.17, 15) is 19.4 Å². The van der Waals surface area contributed by atoms with Crippen LogP contribution in [0.4, 0.5) is 0 Å². The van der Waals surface area contributed by atoms with Crippen molar-refractivity contribution >= 4 is 13.8 Å². The fraction of sp³-hybridized carbons (Fsp3) is 0.824. The molecule has 0 aliphatic heterocycles. The highest BCUT2D eigenvalue weighted by Gasteiger charge is 2.26. The molecule has 0 aliphatic rings. The predicted octanol–water partition coefficient (Wildman–Crippen LogP) is 14.5. The standard InChI is InChI=1S/C51H95O9P/c1-3-5-7-9-11-13-15-17-19-21-23-24-25-27-29-31-33-35-37-39-41-43-51(54)60-50(48-59-61(55,56)58-46-49(53)45-52)47-57-44-42-40-38-36-34-32-30-28-26-22-20-18-16-14-12-10-8-6-4-2/h15,17,20-23,25,27,49-50,52-53H,3-14,16,18-19,24,26,28-48H2,1-2H3,(H,55,56)/b17-15-,22-20-,23-21-,27-25-. The third kappa shape index (κ3) is 47.7. The first-order valence-electron chi connectivity index (χ1n) is 25.1. The number of esters is 1. The van der Waals surface area contributed by atoms with Gasteiger partial charge in [-0.2, -0.15) is 0 Å². The lowest BCUT2D eigenvalue weighted by Gasteiger charge is -2.20. The second-order valence-corrected chi connectivity index (χ2v) is 18.3. The van der Waals surface area contributed by atoms with E-state index in [1.54, 1.807) is 0 Å². The molecule has 3 atom stereocenters. The Morgan fingerprint density at radius 2 is 0.885 bits per heavy atom. The number of phosphoric acid groups is 1. The minimum atomic E-state index is -4.53. The summed E-state index contributed by atoms with van der Waals surface area (Å²) in [6.45, 7) is 3.50. The van der Waals surface area contributed by atoms with E-state index in [1.165, 1.54) is 141 Å². The molecule has 0 saturated heterocycles. The zero-order valence-electron chi connectivity index (χ0n) is 39.4. The van der Waals surface area contributed by atoms with Crippen molar-refractivity contribution in [1.82, 2.24) is 0 Å². The molecule has 61 heavy (non-hydrogen) atoms. The van der Waals surface area contributed by atoms with Crippen molar-refractivity contribution in [2.24, 2.45) is 0 Å². The number of carbonyl (C=O) groups is 1. The van der Waals surface area contributed by atoms with Crippen LogP contribution in [0.2, 0.25) is 0 Å². The number of phosphoric ester groups is 1. The Bertz CT molecular complexity index is 1090. The second kappa shape index (κ2) is 47.9. The second-order valence-electron chi connectivity index (χ2n) is 16.8. The minimum absolute atomic E-state index is 0.0416. The molecule has 3 unspecified atom stereocenters. The zero-order chi connectivity index (χ0) is 44.6. The van der Waals surface area contributed by atoms with Crippen LogP contribution in [0, 0.1) is 0 Å². The van der Waals surface area contributed by atoms with Crippen molar-refractivity contribution in [2.75, 3.05) is 33.0 Å². The van der Waals surface area contributed by atoms with E-state index in [1.807, 2.05) is 0 Å². The third-order valence-electron chi connectivity index (χ3n) is 10.7. The molecule has 0 aromatic heterocycles. The van der Waals surface area contributed by atoms with E-state index in [4.69, 9.17) is 23.6 Å². The molecule has 0 radical (unpaired) electrons. The molecule has 0 aliphatic carbocycles. The average molecular weight is 883 g/mol. The molecule has 9 nitrogen and oxygen atoms in total. The van der Waals surface area contributed by atoms with E-state index in [-0.39, 0.29) is 19.6 Å². The molecule has 0 saturated carbocycles. The topological polar surface area (TPSA) is 132 Å². The monoisotopic (exact) mass is 883 g/mol. The fourth-order valence-corrected chi connectivity index (χ4v) is 7.68. The first kappa shape index (κ1) is 59.4. The highest BCUT2D eigenvalue weighted by atomic mass is 31.2. The molecule has 0 aromatic rings. The maximum Gasteiger partial charge on any atom is 0.472 e. The maximum atomic E-state index is 12.7. The Kier molecular flexibility index (Phi) is 46.6. The van der Waals surface area contributed by atoms with Gasteiger partial charge in [-0.15, -0.1) is 0 Å². The predicted molar refractivity (Wildman–Crippen MR) is 256 cm³/mol. The number of aliphatic hydroxyl groups is 2. The van der Waals surface area contributed by atoms with Crippen LogP contribution in [-0.4, -0.2) is 66.3 Å². The molecule has 358 valence electrons. The van der Waals surface area contributed by atoms with Crippen LogP contribution < -0.4 is 0 Å². The van der Waals surface area contributed by atoms with Crippen molar-refractivity contribution in [2.45, 2.75) is 238 Å². The van der Waals surface area contributed by atoms with Gasteiger partial charge in [-0.25, -0.2) is 4.57 Å². The minimum Gasteiger partial charge on any atom is -0.457 e. The summed E-state index contributed by atoms with van der Waals surface area (Å²) in [7, 11) is -4.53. The number of allylic oxidation sites excluding steroid dienone is 8. The lowest BCUT2D eigenvalue weighted by atomic mass is 10.1. The Hall–Kier alpha value is -1.58. The molecule has 3 N–H and O–H groups in total. The van der Waals surface area contributed by atoms with Gasteiger partial charge in [-0.3, -0.25) is 13.8 Å². The van der Waals surface area contributed by atoms with Crippen molar-refractivity contribution in [3.05, 3.63) is 48.6 Å². The van der Waals surface area contributed by atoms with Gasteiger partial charge in [0.15, 0.2) is 0 Å². The van der Waals surface area contributed by atoms with Crippen LogP contribution >= 0.6 is 7.82 Å². The zero-order valence-corrected chi connectivity index (χ0v) is 40.3. The normalized spacial score (nSPS) is 14.2. The van der Waals surface area contributed by atoms with Gasteiger partial charge in [0, 0.05) is 13.0 Å². The molecule has 0 spiro atoms. The molecule has 0 amide bonds. The summed E-state index contributed by atoms with van der Waals surface area (Å²) in [5.41, 5.74) is 0. The Morgan fingerprint density at radius 1 is 0.508 bits per heavy atom. The van der Waals surface area contributed by atoms with Crippen LogP contribution in [0.15, 0.2) is 48.6 Å². The largest absolute Gasteiger partial charge is 0.472 e. The van der Waals surface area contributed by atoms with E-state index in [0.29, 0.717) is 13.0 Å².